The first-order chi connectivity index (χ1) is 15.0. The molecule has 0 aromatic rings. The SMILES string of the molecule is CCO[Si](OCC)(OCC)C(C)(C)CO[PH](=O)OCC(C)(C)[Si](OCC)(OCC)OCC. The van der Waals surface area contributed by atoms with Gasteiger partial charge in [-0.1, -0.05) is 27.7 Å². The highest BCUT2D eigenvalue weighted by atomic mass is 31.1. The van der Waals surface area contributed by atoms with Crippen molar-refractivity contribution in [2.24, 2.45) is 0 Å². The van der Waals surface area contributed by atoms with Gasteiger partial charge in [0.1, 0.15) is 0 Å². The monoisotopic (exact) mass is 518 g/mol. The molecule has 0 heterocycles. The minimum Gasteiger partial charge on any atom is -0.373 e. The van der Waals surface area contributed by atoms with Crippen LogP contribution in [0.4, 0.5) is 0 Å². The molecule has 0 aliphatic heterocycles. The van der Waals surface area contributed by atoms with Gasteiger partial charge >= 0.3 is 25.9 Å². The predicted molar refractivity (Wildman–Crippen MR) is 130 cm³/mol. The Hall–Kier alpha value is 0.344. The van der Waals surface area contributed by atoms with Crippen molar-refractivity contribution in [3.63, 3.8) is 0 Å². The van der Waals surface area contributed by atoms with Gasteiger partial charge in [0.05, 0.1) is 23.3 Å². The van der Waals surface area contributed by atoms with Gasteiger partial charge in [0, 0.05) is 39.6 Å². The maximum Gasteiger partial charge on any atom is 0.509 e. The van der Waals surface area contributed by atoms with E-state index in [1.54, 1.807) is 0 Å². The summed E-state index contributed by atoms with van der Waals surface area (Å²) >= 11 is 0. The zero-order valence-corrected chi connectivity index (χ0v) is 24.8. The topological polar surface area (TPSA) is 90.9 Å². The van der Waals surface area contributed by atoms with Gasteiger partial charge in [-0.2, -0.15) is 0 Å². The van der Waals surface area contributed by atoms with Gasteiger partial charge < -0.3 is 35.6 Å². The number of hydrogen-bond donors (Lipinski definition) is 0. The Bertz CT molecular complexity index is 457. The first kappa shape index (κ1) is 32.3. The van der Waals surface area contributed by atoms with Crippen molar-refractivity contribution in [1.82, 2.24) is 0 Å². The molecule has 0 saturated carbocycles. The fraction of sp³-hybridized carbons (Fsp3) is 1.00. The van der Waals surface area contributed by atoms with E-state index < -0.39 is 35.9 Å². The molecule has 9 nitrogen and oxygen atoms in total. The average Bonchev–Trinajstić information content (AvgIpc) is 2.71. The van der Waals surface area contributed by atoms with Crippen molar-refractivity contribution in [2.45, 2.75) is 79.3 Å². The second-order valence-corrected chi connectivity index (χ2v) is 16.0. The van der Waals surface area contributed by atoms with Crippen LogP contribution in [0, 0.1) is 0 Å². The molecule has 32 heavy (non-hydrogen) atoms. The van der Waals surface area contributed by atoms with Crippen molar-refractivity contribution in [2.75, 3.05) is 52.9 Å². The summed E-state index contributed by atoms with van der Waals surface area (Å²) in [5, 5.41) is -1.23. The average molecular weight is 519 g/mol. The van der Waals surface area contributed by atoms with E-state index in [1.165, 1.54) is 0 Å². The van der Waals surface area contributed by atoms with Crippen molar-refractivity contribution in [3.05, 3.63) is 0 Å². The molecule has 0 N–H and O–H groups in total. The summed E-state index contributed by atoms with van der Waals surface area (Å²) in [7, 11) is -8.94. The van der Waals surface area contributed by atoms with Crippen molar-refractivity contribution >= 4 is 25.9 Å². The highest BCUT2D eigenvalue weighted by Crippen LogP contribution is 2.45. The van der Waals surface area contributed by atoms with Crippen molar-refractivity contribution in [1.29, 1.82) is 0 Å². The van der Waals surface area contributed by atoms with E-state index in [0.29, 0.717) is 39.6 Å². The Kier molecular flexibility index (Phi) is 15.5. The highest BCUT2D eigenvalue weighted by Gasteiger charge is 2.57. The maximum atomic E-state index is 12.7. The van der Waals surface area contributed by atoms with Crippen LogP contribution in [-0.2, 0) is 40.2 Å². The van der Waals surface area contributed by atoms with Crippen LogP contribution >= 0.6 is 8.25 Å². The van der Waals surface area contributed by atoms with E-state index in [-0.39, 0.29) is 13.2 Å². The Morgan fingerprint density at radius 2 is 0.750 bits per heavy atom. The zero-order valence-electron chi connectivity index (χ0n) is 21.8. The molecule has 0 rings (SSSR count). The lowest BCUT2D eigenvalue weighted by molar-refractivity contribution is 0.0335. The summed E-state index contributed by atoms with van der Waals surface area (Å²) in [6, 6.07) is 0. The largest absolute Gasteiger partial charge is 0.509 e. The Labute approximate surface area is 198 Å². The standard InChI is InChI=1S/C20H47O9PSi2/c1-11-24-31(25-12-2,26-13-3)19(7,8)17-22-30(21)23-18-20(9,10)32(27-14-4,28-15-5)29-16-6/h30H,11-18H2,1-10H3. The second kappa shape index (κ2) is 15.4. The molecular formula is C20H47O9PSi2. The Balaban J connectivity index is 5.27. The molecule has 0 aliphatic carbocycles. The normalized spacial score (nSPS) is 13.8. The van der Waals surface area contributed by atoms with Gasteiger partial charge in [-0.3, -0.25) is 4.57 Å². The van der Waals surface area contributed by atoms with Gasteiger partial charge in [0.25, 0.3) is 0 Å². The molecule has 194 valence electrons. The van der Waals surface area contributed by atoms with Crippen LogP contribution in [0.2, 0.25) is 10.1 Å². The third-order valence-electron chi connectivity index (χ3n) is 4.77. The van der Waals surface area contributed by atoms with Crippen LogP contribution in [0.1, 0.15) is 69.2 Å². The number of rotatable bonds is 20. The fourth-order valence-electron chi connectivity index (χ4n) is 3.26. The Morgan fingerprint density at radius 3 is 0.938 bits per heavy atom. The van der Waals surface area contributed by atoms with Gasteiger partial charge in [-0.15, -0.1) is 0 Å². The maximum absolute atomic E-state index is 12.7. The second-order valence-electron chi connectivity index (χ2n) is 8.31. The minimum absolute atomic E-state index is 0.113. The fourth-order valence-corrected chi connectivity index (χ4v) is 10.2. The van der Waals surface area contributed by atoms with E-state index >= 15 is 0 Å². The van der Waals surface area contributed by atoms with Crippen molar-refractivity contribution < 1.29 is 40.2 Å². The molecule has 0 radical (unpaired) electrons. The third kappa shape index (κ3) is 8.85. The lowest BCUT2D eigenvalue weighted by Crippen LogP contribution is -2.56. The van der Waals surface area contributed by atoms with Crippen LogP contribution in [0.15, 0.2) is 0 Å². The van der Waals surface area contributed by atoms with Crippen LogP contribution in [0.3, 0.4) is 0 Å². The van der Waals surface area contributed by atoms with Gasteiger partial charge in [0.15, 0.2) is 0 Å². The van der Waals surface area contributed by atoms with Gasteiger partial charge in [-0.25, -0.2) is 0 Å². The molecule has 0 unspecified atom stereocenters. The predicted octanol–water partition coefficient (Wildman–Crippen LogP) is 5.07. The molecular weight excluding hydrogens is 471 g/mol. The van der Waals surface area contributed by atoms with Crippen LogP contribution in [0.25, 0.3) is 0 Å². The van der Waals surface area contributed by atoms with Crippen LogP contribution in [0.5, 0.6) is 0 Å². The summed E-state index contributed by atoms with van der Waals surface area (Å²) in [6.45, 7) is 22.1. The summed E-state index contributed by atoms with van der Waals surface area (Å²) in [4.78, 5) is 0. The molecule has 12 heteroatoms. The highest BCUT2D eigenvalue weighted by molar-refractivity contribution is 7.33. The van der Waals surface area contributed by atoms with Crippen molar-refractivity contribution in [3.8, 4) is 0 Å². The molecule has 0 atom stereocenters. The Morgan fingerprint density at radius 1 is 0.531 bits per heavy atom. The molecule has 0 spiro atoms. The summed E-state index contributed by atoms with van der Waals surface area (Å²) < 4.78 is 59.9. The van der Waals surface area contributed by atoms with Gasteiger partial charge in [-0.05, 0) is 41.5 Å². The molecule has 0 aromatic carbocycles. The van der Waals surface area contributed by atoms with Crippen LogP contribution in [-0.4, -0.2) is 70.5 Å². The first-order valence-electron chi connectivity index (χ1n) is 11.6. The molecule has 0 amide bonds. The summed E-state index contributed by atoms with van der Waals surface area (Å²) in [6.07, 6.45) is 0. The molecule has 0 saturated heterocycles. The smallest absolute Gasteiger partial charge is 0.373 e. The van der Waals surface area contributed by atoms with E-state index in [2.05, 4.69) is 0 Å². The lowest BCUT2D eigenvalue weighted by Gasteiger charge is -2.41. The van der Waals surface area contributed by atoms with E-state index in [9.17, 15) is 4.57 Å². The van der Waals surface area contributed by atoms with E-state index in [4.69, 9.17) is 35.6 Å². The first-order valence-corrected chi connectivity index (χ1v) is 16.3. The lowest BCUT2D eigenvalue weighted by atomic mass is 10.2. The molecule has 0 bridgehead atoms. The molecule has 0 fully saturated rings. The third-order valence-corrected chi connectivity index (χ3v) is 13.1. The van der Waals surface area contributed by atoms with E-state index in [1.807, 2.05) is 69.2 Å². The summed E-state index contributed by atoms with van der Waals surface area (Å²) in [5.74, 6) is 0. The minimum atomic E-state index is -3.07. The zero-order chi connectivity index (χ0) is 24.9. The molecule has 0 aliphatic rings. The van der Waals surface area contributed by atoms with E-state index in [0.717, 1.165) is 0 Å². The molecule has 0 aromatic heterocycles. The van der Waals surface area contributed by atoms with Gasteiger partial charge in [0.2, 0.25) is 0 Å². The number of hydrogen-bond acceptors (Lipinski definition) is 9. The quantitative estimate of drug-likeness (QED) is 0.162. The van der Waals surface area contributed by atoms with Crippen LogP contribution < -0.4 is 0 Å². The summed E-state index contributed by atoms with van der Waals surface area (Å²) in [5.41, 5.74) is 0.